The second-order valence-electron chi connectivity index (χ2n) is 5.08. The third kappa shape index (κ3) is 5.27. The molecule has 0 radical (unpaired) electrons. The molecule has 0 aromatic heterocycles. The molecule has 6 nitrogen and oxygen atoms in total. The fraction of sp³-hybridized carbons (Fsp3) is 0.176. The lowest BCUT2D eigenvalue weighted by Gasteiger charge is -2.11. The predicted octanol–water partition coefficient (Wildman–Crippen LogP) is 3.88. The van der Waals surface area contributed by atoms with Crippen molar-refractivity contribution in [1.29, 1.82) is 0 Å². The maximum Gasteiger partial charge on any atom is 0.426 e. The van der Waals surface area contributed by atoms with Gasteiger partial charge in [0.15, 0.2) is 0 Å². The van der Waals surface area contributed by atoms with Crippen LogP contribution in [0.4, 0.5) is 4.79 Å². The van der Waals surface area contributed by atoms with Crippen LogP contribution >= 0.6 is 23.2 Å². The maximum atomic E-state index is 12.1. The van der Waals surface area contributed by atoms with Crippen molar-refractivity contribution in [1.82, 2.24) is 10.9 Å². The Balaban J connectivity index is 1.88. The van der Waals surface area contributed by atoms with Gasteiger partial charge in [0.05, 0.1) is 12.7 Å². The van der Waals surface area contributed by atoms with Gasteiger partial charge in [-0.15, -0.1) is 0 Å². The van der Waals surface area contributed by atoms with E-state index in [0.717, 1.165) is 11.1 Å². The summed E-state index contributed by atoms with van der Waals surface area (Å²) in [5.41, 5.74) is 6.24. The topological polar surface area (TPSA) is 76.7 Å². The van der Waals surface area contributed by atoms with Crippen molar-refractivity contribution in [2.24, 2.45) is 0 Å². The lowest BCUT2D eigenvalue weighted by atomic mass is 10.1. The van der Waals surface area contributed by atoms with Gasteiger partial charge < -0.3 is 9.47 Å². The molecule has 2 N–H and O–H groups in total. The summed E-state index contributed by atoms with van der Waals surface area (Å²) in [5, 5.41) is 1.00. The van der Waals surface area contributed by atoms with E-state index in [1.807, 2.05) is 13.0 Å². The number of aryl methyl sites for hydroxylation is 1. The minimum absolute atomic E-state index is 0.0419. The van der Waals surface area contributed by atoms with Crippen LogP contribution in [0.3, 0.4) is 0 Å². The smallest absolute Gasteiger partial charge is 0.426 e. The van der Waals surface area contributed by atoms with Gasteiger partial charge >= 0.3 is 6.09 Å². The van der Waals surface area contributed by atoms with Gasteiger partial charge in [0.25, 0.3) is 5.91 Å². The molecule has 0 unspecified atom stereocenters. The van der Waals surface area contributed by atoms with Crippen molar-refractivity contribution in [3.8, 4) is 5.75 Å². The highest BCUT2D eigenvalue weighted by Crippen LogP contribution is 2.22. The molecule has 0 heterocycles. The fourth-order valence-electron chi connectivity index (χ4n) is 2.01. The molecule has 8 heteroatoms. The number of halogens is 2. The van der Waals surface area contributed by atoms with Gasteiger partial charge in [-0.05, 0) is 42.3 Å². The zero-order valence-electron chi connectivity index (χ0n) is 13.6. The molecular formula is C17H16Cl2N2O4. The number of hydrogen-bond donors (Lipinski definition) is 2. The molecule has 2 amide bonds. The first kappa shape index (κ1) is 18.9. The second-order valence-corrected chi connectivity index (χ2v) is 5.93. The van der Waals surface area contributed by atoms with E-state index < -0.39 is 12.0 Å². The average Bonchev–Trinajstić information content (AvgIpc) is 2.60. The zero-order valence-corrected chi connectivity index (χ0v) is 15.1. The molecule has 0 aliphatic rings. The molecule has 0 aliphatic carbocycles. The number of carbonyl (C=O) groups is 2. The third-order valence-corrected chi connectivity index (χ3v) is 3.94. The summed E-state index contributed by atoms with van der Waals surface area (Å²) in [6.45, 7) is 1.89. The summed E-state index contributed by atoms with van der Waals surface area (Å²) in [5.74, 6) is -0.257. The molecule has 2 aromatic carbocycles. The van der Waals surface area contributed by atoms with E-state index in [1.54, 1.807) is 24.3 Å². The first-order valence-electron chi connectivity index (χ1n) is 7.22. The lowest BCUT2D eigenvalue weighted by Crippen LogP contribution is -2.42. The highest BCUT2D eigenvalue weighted by Gasteiger charge is 2.14. The molecule has 2 rings (SSSR count). The summed E-state index contributed by atoms with van der Waals surface area (Å²) in [4.78, 5) is 23.8. The van der Waals surface area contributed by atoms with Gasteiger partial charge in [0, 0.05) is 10.0 Å². The van der Waals surface area contributed by atoms with Crippen molar-refractivity contribution in [3.63, 3.8) is 0 Å². The Bertz CT molecular complexity index is 796. The number of ether oxygens (including phenoxy) is 2. The van der Waals surface area contributed by atoms with Crippen LogP contribution in [-0.4, -0.2) is 19.1 Å². The fourth-order valence-corrected chi connectivity index (χ4v) is 2.30. The molecule has 0 saturated heterocycles. The first-order valence-corrected chi connectivity index (χ1v) is 7.98. The summed E-state index contributed by atoms with van der Waals surface area (Å²) in [6.07, 6.45) is -0.804. The number of hydrogen-bond acceptors (Lipinski definition) is 4. The molecule has 25 heavy (non-hydrogen) atoms. The van der Waals surface area contributed by atoms with Crippen LogP contribution in [0, 0.1) is 6.92 Å². The van der Waals surface area contributed by atoms with Crippen LogP contribution < -0.4 is 15.6 Å². The van der Waals surface area contributed by atoms with Crippen LogP contribution in [-0.2, 0) is 11.3 Å². The van der Waals surface area contributed by atoms with Crippen LogP contribution in [0.25, 0.3) is 0 Å². The standard InChI is InChI=1S/C17H16Cl2N2O4/c1-10-7-11(3-5-14(10)19)9-25-17(23)21-20-16(22)13-8-12(18)4-6-15(13)24-2/h3-8H,9H2,1-2H3,(H,20,22)(H,21,23). The Morgan fingerprint density at radius 3 is 2.52 bits per heavy atom. The minimum atomic E-state index is -0.804. The largest absolute Gasteiger partial charge is 0.496 e. The Hall–Kier alpha value is -2.44. The molecule has 0 atom stereocenters. The molecule has 2 aromatic rings. The number of methoxy groups -OCH3 is 1. The lowest BCUT2D eigenvalue weighted by molar-refractivity contribution is 0.0902. The SMILES string of the molecule is COc1ccc(Cl)cc1C(=O)NNC(=O)OCc1ccc(Cl)c(C)c1. The van der Waals surface area contributed by atoms with E-state index in [-0.39, 0.29) is 12.2 Å². The highest BCUT2D eigenvalue weighted by atomic mass is 35.5. The van der Waals surface area contributed by atoms with Crippen LogP contribution in [0.5, 0.6) is 5.75 Å². The van der Waals surface area contributed by atoms with Gasteiger partial charge in [0.1, 0.15) is 12.4 Å². The first-order chi connectivity index (χ1) is 11.9. The molecular weight excluding hydrogens is 367 g/mol. The quantitative estimate of drug-likeness (QED) is 0.786. The molecule has 0 spiro atoms. The third-order valence-electron chi connectivity index (χ3n) is 3.28. The summed E-state index contributed by atoms with van der Waals surface area (Å²) in [6, 6.07) is 9.86. The number of carbonyl (C=O) groups excluding carboxylic acids is 2. The minimum Gasteiger partial charge on any atom is -0.496 e. The highest BCUT2D eigenvalue weighted by molar-refractivity contribution is 6.31. The van der Waals surface area contributed by atoms with Gasteiger partial charge in [-0.2, -0.15) is 0 Å². The van der Waals surface area contributed by atoms with Crippen molar-refractivity contribution < 1.29 is 19.1 Å². The molecule has 0 aliphatic heterocycles. The van der Waals surface area contributed by atoms with Crippen LogP contribution in [0.1, 0.15) is 21.5 Å². The van der Waals surface area contributed by atoms with Gasteiger partial charge in [0.2, 0.25) is 0 Å². The van der Waals surface area contributed by atoms with E-state index in [0.29, 0.717) is 15.8 Å². The summed E-state index contributed by atoms with van der Waals surface area (Å²) >= 11 is 11.8. The number of nitrogens with one attached hydrogen (secondary N) is 2. The van der Waals surface area contributed by atoms with E-state index >= 15 is 0 Å². The Morgan fingerprint density at radius 2 is 1.84 bits per heavy atom. The molecule has 132 valence electrons. The Labute approximate surface area is 155 Å². The predicted molar refractivity (Wildman–Crippen MR) is 95.0 cm³/mol. The van der Waals surface area contributed by atoms with Gasteiger partial charge in [-0.3, -0.25) is 10.2 Å². The molecule has 0 fully saturated rings. The van der Waals surface area contributed by atoms with E-state index in [1.165, 1.54) is 13.2 Å². The Morgan fingerprint density at radius 1 is 1.08 bits per heavy atom. The molecule has 0 saturated carbocycles. The van der Waals surface area contributed by atoms with Gasteiger partial charge in [-0.1, -0.05) is 35.3 Å². The monoisotopic (exact) mass is 382 g/mol. The maximum absolute atomic E-state index is 12.1. The normalized spacial score (nSPS) is 10.1. The number of benzene rings is 2. The van der Waals surface area contributed by atoms with Crippen LogP contribution in [0.15, 0.2) is 36.4 Å². The van der Waals surface area contributed by atoms with Crippen LogP contribution in [0.2, 0.25) is 10.0 Å². The summed E-state index contributed by atoms with van der Waals surface area (Å²) in [7, 11) is 1.43. The second kappa shape index (κ2) is 8.60. The van der Waals surface area contributed by atoms with Crippen molar-refractivity contribution in [2.45, 2.75) is 13.5 Å². The number of hydrazine groups is 1. The van der Waals surface area contributed by atoms with E-state index in [2.05, 4.69) is 10.9 Å². The Kier molecular flexibility index (Phi) is 6.50. The van der Waals surface area contributed by atoms with Crippen molar-refractivity contribution >= 4 is 35.2 Å². The van der Waals surface area contributed by atoms with Gasteiger partial charge in [-0.25, -0.2) is 10.2 Å². The van der Waals surface area contributed by atoms with E-state index in [9.17, 15) is 9.59 Å². The zero-order chi connectivity index (χ0) is 18.4. The number of rotatable bonds is 4. The molecule has 0 bridgehead atoms. The average molecular weight is 383 g/mol. The number of amides is 2. The van der Waals surface area contributed by atoms with Crippen molar-refractivity contribution in [3.05, 3.63) is 63.1 Å². The van der Waals surface area contributed by atoms with Crippen molar-refractivity contribution in [2.75, 3.05) is 7.11 Å². The van der Waals surface area contributed by atoms with E-state index in [4.69, 9.17) is 32.7 Å². The summed E-state index contributed by atoms with van der Waals surface area (Å²) < 4.78 is 10.1.